The van der Waals surface area contributed by atoms with Crippen molar-refractivity contribution in [2.75, 3.05) is 17.4 Å². The molecule has 0 aliphatic rings. The molecule has 0 aliphatic carbocycles. The van der Waals surface area contributed by atoms with Crippen molar-refractivity contribution in [1.29, 1.82) is 0 Å². The molecule has 0 heterocycles. The van der Waals surface area contributed by atoms with Gasteiger partial charge in [-0.05, 0) is 61.9 Å². The Morgan fingerprint density at radius 2 is 1.47 bits per heavy atom. The van der Waals surface area contributed by atoms with Crippen LogP contribution in [-0.4, -0.2) is 44.3 Å². The molecule has 0 spiro atoms. The van der Waals surface area contributed by atoms with Crippen molar-refractivity contribution in [3.8, 4) is 0 Å². The monoisotopic (exact) mass is 605 g/mol. The molecule has 1 N–H and O–H groups in total. The van der Waals surface area contributed by atoms with Gasteiger partial charge in [0.05, 0.1) is 10.6 Å². The zero-order valence-corrected chi connectivity index (χ0v) is 24.7. The number of amides is 2. The number of sulfonamides is 1. The number of carbonyl (C=O) groups excluding carboxylic acids is 2. The van der Waals surface area contributed by atoms with E-state index >= 15 is 0 Å². The fourth-order valence-electron chi connectivity index (χ4n) is 4.63. The lowest BCUT2D eigenvalue weighted by Crippen LogP contribution is -2.53. The largest absolute Gasteiger partial charge is 0.355 e. The Hall–Kier alpha value is -4.57. The third-order valence-electron chi connectivity index (χ3n) is 6.92. The van der Waals surface area contributed by atoms with Crippen molar-refractivity contribution < 1.29 is 26.8 Å². The highest BCUT2D eigenvalue weighted by molar-refractivity contribution is 7.92. The van der Waals surface area contributed by atoms with Gasteiger partial charge in [-0.25, -0.2) is 17.2 Å². The van der Waals surface area contributed by atoms with E-state index in [9.17, 15) is 26.8 Å². The second-order valence-electron chi connectivity index (χ2n) is 10.0. The summed E-state index contributed by atoms with van der Waals surface area (Å²) in [4.78, 5) is 28.7. The van der Waals surface area contributed by atoms with Gasteiger partial charge < -0.3 is 10.2 Å². The SMILES string of the molecule is CCNC(=O)[C@@H](Cc1ccccc1)N(Cc1ccccc1F)C(=O)CN(c1ccc(C)cc1)S(=O)(=O)c1ccc(F)cc1. The molecule has 0 fully saturated rings. The van der Waals surface area contributed by atoms with Crippen molar-refractivity contribution in [2.45, 2.75) is 37.8 Å². The number of rotatable bonds is 12. The van der Waals surface area contributed by atoms with Gasteiger partial charge in [-0.2, -0.15) is 0 Å². The van der Waals surface area contributed by atoms with Crippen LogP contribution >= 0.6 is 0 Å². The summed E-state index contributed by atoms with van der Waals surface area (Å²) in [5.41, 5.74) is 2.00. The molecule has 0 saturated heterocycles. The molecule has 0 unspecified atom stereocenters. The van der Waals surface area contributed by atoms with Gasteiger partial charge in [0.1, 0.15) is 24.2 Å². The lowest BCUT2D eigenvalue weighted by molar-refractivity contribution is -0.140. The van der Waals surface area contributed by atoms with Gasteiger partial charge in [-0.3, -0.25) is 13.9 Å². The summed E-state index contributed by atoms with van der Waals surface area (Å²) in [5.74, 6) is -2.36. The van der Waals surface area contributed by atoms with Crippen molar-refractivity contribution in [3.63, 3.8) is 0 Å². The zero-order chi connectivity index (χ0) is 31.0. The van der Waals surface area contributed by atoms with Crippen LogP contribution in [0.1, 0.15) is 23.6 Å². The summed E-state index contributed by atoms with van der Waals surface area (Å²) in [7, 11) is -4.36. The first-order valence-corrected chi connectivity index (χ1v) is 15.2. The molecule has 0 aliphatic heterocycles. The number of hydrogen-bond donors (Lipinski definition) is 1. The van der Waals surface area contributed by atoms with Crippen LogP contribution < -0.4 is 9.62 Å². The molecule has 0 saturated carbocycles. The van der Waals surface area contributed by atoms with Crippen molar-refractivity contribution in [2.24, 2.45) is 0 Å². The molecule has 2 amide bonds. The van der Waals surface area contributed by atoms with Crippen LogP contribution in [0.25, 0.3) is 0 Å². The van der Waals surface area contributed by atoms with Gasteiger partial charge in [-0.1, -0.05) is 66.2 Å². The van der Waals surface area contributed by atoms with E-state index in [4.69, 9.17) is 0 Å². The quantitative estimate of drug-likeness (QED) is 0.239. The minimum atomic E-state index is -4.36. The van der Waals surface area contributed by atoms with E-state index in [0.29, 0.717) is 6.54 Å². The van der Waals surface area contributed by atoms with E-state index in [-0.39, 0.29) is 29.1 Å². The molecule has 1 atom stereocenters. The molecule has 43 heavy (non-hydrogen) atoms. The minimum absolute atomic E-state index is 0.113. The maximum atomic E-state index is 14.9. The molecule has 0 radical (unpaired) electrons. The molecular weight excluding hydrogens is 572 g/mol. The zero-order valence-electron chi connectivity index (χ0n) is 23.9. The maximum absolute atomic E-state index is 14.9. The number of likely N-dealkylation sites (N-methyl/N-ethyl adjacent to an activating group) is 1. The molecule has 0 aromatic heterocycles. The molecule has 0 bridgehead atoms. The molecule has 4 aromatic carbocycles. The van der Waals surface area contributed by atoms with Crippen molar-refractivity contribution in [1.82, 2.24) is 10.2 Å². The van der Waals surface area contributed by atoms with Crippen LogP contribution in [0.2, 0.25) is 0 Å². The predicted molar refractivity (Wildman–Crippen MR) is 162 cm³/mol. The maximum Gasteiger partial charge on any atom is 0.264 e. The molecular formula is C33H33F2N3O4S. The molecule has 4 rings (SSSR count). The van der Waals surface area contributed by atoms with E-state index in [1.165, 1.54) is 23.1 Å². The number of benzene rings is 4. The van der Waals surface area contributed by atoms with Gasteiger partial charge in [0.2, 0.25) is 11.8 Å². The van der Waals surface area contributed by atoms with Crippen LogP contribution in [-0.2, 0) is 32.6 Å². The first kappa shape index (κ1) is 31.4. The van der Waals surface area contributed by atoms with Crippen LogP contribution in [0.4, 0.5) is 14.5 Å². The van der Waals surface area contributed by atoms with Gasteiger partial charge in [-0.15, -0.1) is 0 Å². The first-order valence-electron chi connectivity index (χ1n) is 13.8. The summed E-state index contributed by atoms with van der Waals surface area (Å²) in [6.45, 7) is 2.90. The van der Waals surface area contributed by atoms with E-state index in [1.54, 1.807) is 37.3 Å². The third-order valence-corrected chi connectivity index (χ3v) is 8.71. The van der Waals surface area contributed by atoms with Crippen LogP contribution in [0, 0.1) is 18.6 Å². The van der Waals surface area contributed by atoms with Crippen molar-refractivity contribution >= 4 is 27.5 Å². The molecule has 224 valence electrons. The Balaban J connectivity index is 1.80. The lowest BCUT2D eigenvalue weighted by Gasteiger charge is -2.34. The average molecular weight is 606 g/mol. The van der Waals surface area contributed by atoms with Crippen LogP contribution in [0.5, 0.6) is 0 Å². The number of nitrogens with zero attached hydrogens (tertiary/aromatic N) is 2. The lowest BCUT2D eigenvalue weighted by atomic mass is 10.0. The number of carbonyl (C=O) groups is 2. The predicted octanol–water partition coefficient (Wildman–Crippen LogP) is 5.24. The van der Waals surface area contributed by atoms with Gasteiger partial charge in [0, 0.05) is 25.1 Å². The summed E-state index contributed by atoms with van der Waals surface area (Å²) in [6.07, 6.45) is 0.113. The van der Waals surface area contributed by atoms with Gasteiger partial charge >= 0.3 is 0 Å². The normalized spacial score (nSPS) is 11.9. The number of aryl methyl sites for hydroxylation is 1. The Morgan fingerprint density at radius 1 is 0.837 bits per heavy atom. The first-order chi connectivity index (χ1) is 20.6. The van der Waals surface area contributed by atoms with E-state index in [0.717, 1.165) is 39.7 Å². The summed E-state index contributed by atoms with van der Waals surface area (Å²) in [5, 5.41) is 2.76. The molecule has 7 nitrogen and oxygen atoms in total. The summed E-state index contributed by atoms with van der Waals surface area (Å²) >= 11 is 0. The Labute approximate surface area is 250 Å². The smallest absolute Gasteiger partial charge is 0.264 e. The van der Waals surface area contributed by atoms with Gasteiger partial charge in [0.15, 0.2) is 0 Å². The Bertz CT molecular complexity index is 1650. The fourth-order valence-corrected chi connectivity index (χ4v) is 6.04. The number of halogens is 2. The highest BCUT2D eigenvalue weighted by atomic mass is 32.2. The van der Waals surface area contributed by atoms with E-state index in [1.807, 2.05) is 37.3 Å². The van der Waals surface area contributed by atoms with Crippen LogP contribution in [0.3, 0.4) is 0 Å². The summed E-state index contributed by atoms with van der Waals surface area (Å²) in [6, 6.07) is 24.7. The highest BCUT2D eigenvalue weighted by Crippen LogP contribution is 2.26. The standard InChI is InChI=1S/C33H33F2N3O4S/c1-3-36-33(40)31(21-25-9-5-4-6-10-25)37(22-26-11-7-8-12-30(26)35)32(39)23-38(28-17-13-24(2)14-18-28)43(41,42)29-19-15-27(34)16-20-29/h4-20,31H,3,21-23H2,1-2H3,(H,36,40)/t31-/m1/s1. The number of hydrogen-bond acceptors (Lipinski definition) is 4. The number of anilines is 1. The highest BCUT2D eigenvalue weighted by Gasteiger charge is 2.34. The fraction of sp³-hybridized carbons (Fsp3) is 0.212. The minimum Gasteiger partial charge on any atom is -0.355 e. The Kier molecular flexibility index (Phi) is 10.3. The topological polar surface area (TPSA) is 86.8 Å². The Morgan fingerprint density at radius 3 is 2.09 bits per heavy atom. The summed E-state index contributed by atoms with van der Waals surface area (Å²) < 4.78 is 57.3. The second-order valence-corrected chi connectivity index (χ2v) is 11.9. The number of nitrogens with one attached hydrogen (secondary N) is 1. The van der Waals surface area contributed by atoms with Gasteiger partial charge in [0.25, 0.3) is 10.0 Å². The second kappa shape index (κ2) is 14.1. The van der Waals surface area contributed by atoms with E-state index < -0.39 is 46.1 Å². The molecule has 4 aromatic rings. The molecule has 10 heteroatoms. The third kappa shape index (κ3) is 7.84. The van der Waals surface area contributed by atoms with E-state index in [2.05, 4.69) is 5.32 Å². The average Bonchev–Trinajstić information content (AvgIpc) is 3.00. The van der Waals surface area contributed by atoms with Crippen LogP contribution in [0.15, 0.2) is 108 Å². The van der Waals surface area contributed by atoms with Crippen molar-refractivity contribution in [3.05, 3.63) is 131 Å².